The van der Waals surface area contributed by atoms with Crippen LogP contribution in [0.1, 0.15) is 10.5 Å². The highest BCUT2D eigenvalue weighted by Crippen LogP contribution is 2.20. The molecule has 29 heavy (non-hydrogen) atoms. The molecule has 1 amide bonds. The van der Waals surface area contributed by atoms with Gasteiger partial charge in [-0.3, -0.25) is 4.79 Å². The van der Waals surface area contributed by atoms with Crippen LogP contribution in [-0.4, -0.2) is 49.4 Å². The van der Waals surface area contributed by atoms with Crippen molar-refractivity contribution in [3.05, 3.63) is 60.0 Å². The minimum Gasteiger partial charge on any atom is -0.538 e. The Hall–Kier alpha value is -3.62. The average molecular weight is 398 g/mol. The monoisotopic (exact) mass is 398 g/mol. The quantitative estimate of drug-likeness (QED) is 0.613. The van der Waals surface area contributed by atoms with Crippen LogP contribution in [0.4, 0.5) is 10.1 Å². The summed E-state index contributed by atoms with van der Waals surface area (Å²) < 4.78 is 24.2. The number of amides is 1. The van der Waals surface area contributed by atoms with E-state index in [1.807, 2.05) is 0 Å². The molecule has 2 aromatic carbocycles. The smallest absolute Gasteiger partial charge is 0.327 e. The molecule has 2 heterocycles. The Balaban J connectivity index is 1.50. The zero-order valence-electron chi connectivity index (χ0n) is 15.7. The van der Waals surface area contributed by atoms with E-state index < -0.39 is 11.9 Å². The third-order valence-corrected chi connectivity index (χ3v) is 4.89. The molecule has 4 rings (SSSR count). The number of hydrogen-bond donors (Lipinski definition) is 0. The van der Waals surface area contributed by atoms with Gasteiger partial charge in [-0.05, 0) is 41.1 Å². The predicted octanol–water partition coefficient (Wildman–Crippen LogP) is 1.13. The molecule has 1 aliphatic heterocycles. The van der Waals surface area contributed by atoms with Crippen molar-refractivity contribution in [2.75, 3.05) is 38.2 Å². The number of hydrogen-bond acceptors (Lipinski definition) is 6. The summed E-state index contributed by atoms with van der Waals surface area (Å²) in [7, 11) is 1.55. The van der Waals surface area contributed by atoms with Crippen LogP contribution in [0.2, 0.25) is 0 Å². The fourth-order valence-electron chi connectivity index (χ4n) is 3.30. The van der Waals surface area contributed by atoms with Gasteiger partial charge in [-0.25, -0.2) is 4.39 Å². The number of halogens is 1. The van der Waals surface area contributed by atoms with Crippen LogP contribution in [0.5, 0.6) is 11.7 Å². The topological polar surface area (TPSA) is 85.8 Å². The number of carbonyl (C=O) groups is 1. The molecular formula is C20H19FN4O4. The average Bonchev–Trinajstić information content (AvgIpc) is 3.15. The highest BCUT2D eigenvalue weighted by molar-refractivity contribution is 5.92. The molecule has 0 saturated carbocycles. The van der Waals surface area contributed by atoms with Crippen molar-refractivity contribution in [2.24, 2.45) is 0 Å². The number of carbonyl (C=O) groups excluding carboxylic acids is 1. The van der Waals surface area contributed by atoms with E-state index in [1.165, 1.54) is 16.8 Å². The van der Waals surface area contributed by atoms with Crippen LogP contribution < -0.4 is 19.4 Å². The first kappa shape index (κ1) is 18.7. The summed E-state index contributed by atoms with van der Waals surface area (Å²) in [4.78, 5) is 16.7. The lowest BCUT2D eigenvalue weighted by atomic mass is 10.2. The van der Waals surface area contributed by atoms with Gasteiger partial charge in [0.1, 0.15) is 11.6 Å². The highest BCUT2D eigenvalue weighted by atomic mass is 19.1. The summed E-state index contributed by atoms with van der Waals surface area (Å²) in [6.45, 7) is 1.98. The summed E-state index contributed by atoms with van der Waals surface area (Å²) in [6, 6.07) is 13.0. The third-order valence-electron chi connectivity index (χ3n) is 4.89. The van der Waals surface area contributed by atoms with Crippen molar-refractivity contribution in [1.82, 2.24) is 10.2 Å². The molecule has 8 nitrogen and oxygen atoms in total. The third kappa shape index (κ3) is 3.71. The van der Waals surface area contributed by atoms with Crippen molar-refractivity contribution < 1.29 is 28.2 Å². The van der Waals surface area contributed by atoms with Gasteiger partial charge in [0.2, 0.25) is 5.69 Å². The number of benzene rings is 2. The zero-order valence-corrected chi connectivity index (χ0v) is 15.7. The van der Waals surface area contributed by atoms with Crippen molar-refractivity contribution in [1.29, 1.82) is 0 Å². The van der Waals surface area contributed by atoms with Gasteiger partial charge < -0.3 is 24.2 Å². The van der Waals surface area contributed by atoms with Gasteiger partial charge >= 0.3 is 11.6 Å². The molecule has 0 N–H and O–H groups in total. The Morgan fingerprint density at radius 2 is 1.76 bits per heavy atom. The SMILES string of the molecule is COc1ccc(-[n+]2noc([O-])c2C(=O)N2CCN(c3ccc(F)cc3)CC2)cc1. The van der Waals surface area contributed by atoms with E-state index in [0.29, 0.717) is 37.6 Å². The number of rotatable bonds is 4. The van der Waals surface area contributed by atoms with Gasteiger partial charge in [0.05, 0.1) is 12.4 Å². The Morgan fingerprint density at radius 3 is 2.38 bits per heavy atom. The number of methoxy groups -OCH3 is 1. The normalized spacial score (nSPS) is 14.1. The van der Waals surface area contributed by atoms with Crippen LogP contribution in [0.25, 0.3) is 5.69 Å². The van der Waals surface area contributed by atoms with Crippen LogP contribution in [0.3, 0.4) is 0 Å². The minimum absolute atomic E-state index is 0.148. The number of piperazine rings is 1. The van der Waals surface area contributed by atoms with E-state index in [1.54, 1.807) is 48.4 Å². The molecule has 1 aromatic heterocycles. The molecule has 3 aromatic rings. The second-order valence-electron chi connectivity index (χ2n) is 6.57. The zero-order chi connectivity index (χ0) is 20.4. The lowest BCUT2D eigenvalue weighted by molar-refractivity contribution is -0.672. The number of anilines is 1. The molecular weight excluding hydrogens is 379 g/mol. The summed E-state index contributed by atoms with van der Waals surface area (Å²) in [5.74, 6) is -0.872. The lowest BCUT2D eigenvalue weighted by Gasteiger charge is -2.35. The molecule has 0 atom stereocenters. The molecule has 9 heteroatoms. The van der Waals surface area contributed by atoms with Gasteiger partial charge in [0.15, 0.2) is 5.95 Å². The van der Waals surface area contributed by atoms with E-state index >= 15 is 0 Å². The predicted molar refractivity (Wildman–Crippen MR) is 98.5 cm³/mol. The van der Waals surface area contributed by atoms with Crippen LogP contribution in [0.15, 0.2) is 53.1 Å². The first-order chi connectivity index (χ1) is 14.1. The second-order valence-corrected chi connectivity index (χ2v) is 6.57. The van der Waals surface area contributed by atoms with Gasteiger partial charge in [-0.15, -0.1) is 0 Å². The summed E-state index contributed by atoms with van der Waals surface area (Å²) in [6.07, 6.45) is 0. The van der Waals surface area contributed by atoms with Crippen molar-refractivity contribution in [3.63, 3.8) is 0 Å². The largest absolute Gasteiger partial charge is 0.538 e. The summed E-state index contributed by atoms with van der Waals surface area (Å²) in [5, 5.41) is 15.9. The molecule has 0 unspecified atom stereocenters. The first-order valence-electron chi connectivity index (χ1n) is 9.10. The lowest BCUT2D eigenvalue weighted by Crippen LogP contribution is -2.51. The molecule has 0 aliphatic carbocycles. The van der Waals surface area contributed by atoms with Crippen molar-refractivity contribution in [2.45, 2.75) is 0 Å². The fraction of sp³-hybridized carbons (Fsp3) is 0.250. The maximum absolute atomic E-state index is 13.1. The Labute approximate surface area is 166 Å². The van der Waals surface area contributed by atoms with Gasteiger partial charge in [-0.2, -0.15) is 0 Å². The molecule has 0 spiro atoms. The second kappa shape index (κ2) is 7.78. The molecule has 150 valence electrons. The van der Waals surface area contributed by atoms with Crippen LogP contribution >= 0.6 is 0 Å². The van der Waals surface area contributed by atoms with E-state index in [-0.39, 0.29) is 11.5 Å². The molecule has 0 radical (unpaired) electrons. The van der Waals surface area contributed by atoms with Crippen molar-refractivity contribution >= 4 is 11.6 Å². The number of aromatic nitrogens is 2. The highest BCUT2D eigenvalue weighted by Gasteiger charge is 2.33. The maximum Gasteiger partial charge on any atom is 0.327 e. The Morgan fingerprint density at radius 1 is 1.10 bits per heavy atom. The Bertz CT molecular complexity index is 996. The van der Waals surface area contributed by atoms with Crippen LogP contribution in [-0.2, 0) is 0 Å². The molecule has 1 saturated heterocycles. The molecule has 1 fully saturated rings. The van der Waals surface area contributed by atoms with E-state index in [0.717, 1.165) is 5.69 Å². The summed E-state index contributed by atoms with van der Waals surface area (Å²) in [5.41, 5.74) is 1.26. The van der Waals surface area contributed by atoms with E-state index in [4.69, 9.17) is 9.26 Å². The standard InChI is InChI=1S/C20H19FN4O4/c1-28-17-8-6-16(7-9-17)25-18(20(27)29-22-25)19(26)24-12-10-23(11-13-24)15-4-2-14(21)3-5-15/h2-9H,10-13H2,1H3. The number of nitrogens with zero attached hydrogens (tertiary/aromatic N) is 4. The Kier molecular flexibility index (Phi) is 5.03. The van der Waals surface area contributed by atoms with Gasteiger partial charge in [-0.1, -0.05) is 0 Å². The maximum atomic E-state index is 13.1. The van der Waals surface area contributed by atoms with E-state index in [9.17, 15) is 14.3 Å². The first-order valence-corrected chi connectivity index (χ1v) is 9.10. The molecule has 1 aliphatic rings. The van der Waals surface area contributed by atoms with E-state index in [2.05, 4.69) is 10.2 Å². The van der Waals surface area contributed by atoms with Gasteiger partial charge in [0.25, 0.3) is 0 Å². The minimum atomic E-state index is -0.785. The number of ether oxygens (including phenoxy) is 1. The fourth-order valence-corrected chi connectivity index (χ4v) is 3.30. The van der Waals surface area contributed by atoms with Crippen molar-refractivity contribution in [3.8, 4) is 17.4 Å². The summed E-state index contributed by atoms with van der Waals surface area (Å²) >= 11 is 0. The van der Waals surface area contributed by atoms with Gasteiger partial charge in [0, 0.05) is 44.0 Å². The molecule has 0 bridgehead atoms. The van der Waals surface area contributed by atoms with Crippen LogP contribution in [0, 0.1) is 5.82 Å².